The Balaban J connectivity index is 1.55. The quantitative estimate of drug-likeness (QED) is 0.687. The molecule has 9 heteroatoms. The number of carbonyl (C=O) groups is 1. The topological polar surface area (TPSA) is 41.9 Å². The van der Waals surface area contributed by atoms with Gasteiger partial charge in [-0.3, -0.25) is 4.79 Å². The smallest absolute Gasteiger partial charge is 0.388 e. The van der Waals surface area contributed by atoms with Gasteiger partial charge in [0.15, 0.2) is 0 Å². The molecule has 0 aliphatic carbocycles. The lowest BCUT2D eigenvalue weighted by Gasteiger charge is -2.37. The van der Waals surface area contributed by atoms with E-state index >= 15 is 0 Å². The molecule has 0 unspecified atom stereocenters. The molecular formula is C19H21F5N2O2. The summed E-state index contributed by atoms with van der Waals surface area (Å²) >= 11 is 0. The molecule has 0 N–H and O–H groups in total. The maximum absolute atomic E-state index is 12.9. The summed E-state index contributed by atoms with van der Waals surface area (Å²) in [4.78, 5) is 19.2. The van der Waals surface area contributed by atoms with Gasteiger partial charge in [-0.25, -0.2) is 8.78 Å². The van der Waals surface area contributed by atoms with E-state index in [0.717, 1.165) is 19.1 Å². The van der Waals surface area contributed by atoms with Crippen LogP contribution in [0.25, 0.3) is 0 Å². The fourth-order valence-electron chi connectivity index (χ4n) is 3.44. The van der Waals surface area contributed by atoms with Crippen LogP contribution < -0.4 is 0 Å². The molecule has 0 atom stereocenters. The van der Waals surface area contributed by atoms with Crippen LogP contribution in [0, 0.1) is 0 Å². The van der Waals surface area contributed by atoms with Crippen LogP contribution in [0.2, 0.25) is 0 Å². The number of hydrogen-bond acceptors (Lipinski definition) is 3. The van der Waals surface area contributed by atoms with Crippen molar-refractivity contribution in [3.8, 4) is 0 Å². The lowest BCUT2D eigenvalue weighted by atomic mass is 9.85. The van der Waals surface area contributed by atoms with Crippen LogP contribution in [0.1, 0.15) is 50.2 Å². The summed E-state index contributed by atoms with van der Waals surface area (Å²) in [6, 6.07) is 4.75. The first-order valence-electron chi connectivity index (χ1n) is 9.06. The van der Waals surface area contributed by atoms with E-state index in [4.69, 9.17) is 4.84 Å². The Morgan fingerprint density at radius 2 is 1.75 bits per heavy atom. The number of nitrogens with zero attached hydrogens (tertiary/aromatic N) is 2. The summed E-state index contributed by atoms with van der Waals surface area (Å²) in [7, 11) is 0. The minimum absolute atomic E-state index is 0.204. The second-order valence-electron chi connectivity index (χ2n) is 7.52. The standard InChI is InChI=1S/C19H21F5N2O2/c1-17(20,21)7-6-16(27)26-10-8-18(9-11-26)12-15(25-28-18)13-2-4-14(5-3-13)19(22,23)24/h2-5H,6-12H2,1H3. The highest BCUT2D eigenvalue weighted by molar-refractivity contribution is 6.01. The molecule has 0 radical (unpaired) electrons. The van der Waals surface area contributed by atoms with Gasteiger partial charge in [-0.2, -0.15) is 13.2 Å². The van der Waals surface area contributed by atoms with Crippen molar-refractivity contribution >= 4 is 11.6 Å². The van der Waals surface area contributed by atoms with Crippen molar-refractivity contribution in [1.82, 2.24) is 4.90 Å². The third-order valence-corrected chi connectivity index (χ3v) is 5.19. The fraction of sp³-hybridized carbons (Fsp3) is 0.579. The highest BCUT2D eigenvalue weighted by Gasteiger charge is 2.43. The van der Waals surface area contributed by atoms with Crippen LogP contribution in [-0.4, -0.2) is 41.1 Å². The van der Waals surface area contributed by atoms with Crippen molar-refractivity contribution in [2.75, 3.05) is 13.1 Å². The predicted molar refractivity (Wildman–Crippen MR) is 92.1 cm³/mol. The molecule has 1 saturated heterocycles. The minimum Gasteiger partial charge on any atom is -0.388 e. The lowest BCUT2D eigenvalue weighted by molar-refractivity contribution is -0.139. The molecule has 154 valence electrons. The first-order valence-corrected chi connectivity index (χ1v) is 9.06. The second-order valence-corrected chi connectivity index (χ2v) is 7.52. The van der Waals surface area contributed by atoms with E-state index in [-0.39, 0.29) is 12.3 Å². The van der Waals surface area contributed by atoms with Gasteiger partial charge in [0.2, 0.25) is 11.8 Å². The molecule has 1 amide bonds. The zero-order chi connectivity index (χ0) is 20.6. The third-order valence-electron chi connectivity index (χ3n) is 5.19. The fourth-order valence-corrected chi connectivity index (χ4v) is 3.44. The second kappa shape index (κ2) is 7.33. The van der Waals surface area contributed by atoms with Gasteiger partial charge in [0.05, 0.1) is 11.3 Å². The average Bonchev–Trinajstić information content (AvgIpc) is 3.03. The van der Waals surface area contributed by atoms with Crippen molar-refractivity contribution in [3.63, 3.8) is 0 Å². The van der Waals surface area contributed by atoms with Crippen LogP contribution in [0.5, 0.6) is 0 Å². The van der Waals surface area contributed by atoms with Crippen LogP contribution in [0.15, 0.2) is 29.4 Å². The van der Waals surface area contributed by atoms with Gasteiger partial charge in [0.1, 0.15) is 5.60 Å². The monoisotopic (exact) mass is 404 g/mol. The van der Waals surface area contributed by atoms with Crippen molar-refractivity contribution in [2.45, 2.75) is 56.7 Å². The predicted octanol–water partition coefficient (Wildman–Crippen LogP) is 4.63. The van der Waals surface area contributed by atoms with Crippen LogP contribution in [-0.2, 0) is 15.8 Å². The first kappa shape index (κ1) is 20.5. The Morgan fingerprint density at radius 1 is 1.14 bits per heavy atom. The highest BCUT2D eigenvalue weighted by atomic mass is 19.4. The van der Waals surface area contributed by atoms with E-state index in [1.165, 1.54) is 12.1 Å². The maximum Gasteiger partial charge on any atom is 0.416 e. The average molecular weight is 404 g/mol. The molecule has 1 aromatic rings. The molecule has 4 nitrogen and oxygen atoms in total. The third kappa shape index (κ3) is 4.80. The Bertz CT molecular complexity index is 745. The Kier molecular flexibility index (Phi) is 5.38. The van der Waals surface area contributed by atoms with Gasteiger partial charge in [0.25, 0.3) is 0 Å². The molecule has 0 aromatic heterocycles. The zero-order valence-corrected chi connectivity index (χ0v) is 15.4. The number of amides is 1. The summed E-state index contributed by atoms with van der Waals surface area (Å²) in [5.74, 6) is -3.18. The van der Waals surface area contributed by atoms with Gasteiger partial charge in [-0.1, -0.05) is 17.3 Å². The number of alkyl halides is 5. The van der Waals surface area contributed by atoms with Gasteiger partial charge in [-0.05, 0) is 24.6 Å². The molecule has 3 rings (SSSR count). The Hall–Kier alpha value is -2.19. The molecule has 2 heterocycles. The molecular weight excluding hydrogens is 383 g/mol. The molecule has 2 aliphatic rings. The summed E-state index contributed by atoms with van der Waals surface area (Å²) in [5, 5.41) is 4.05. The molecule has 28 heavy (non-hydrogen) atoms. The number of piperidine rings is 1. The molecule has 1 fully saturated rings. The number of hydrogen-bond donors (Lipinski definition) is 0. The van der Waals surface area contributed by atoms with Crippen LogP contribution in [0.4, 0.5) is 22.0 Å². The van der Waals surface area contributed by atoms with Crippen molar-refractivity contribution in [1.29, 1.82) is 0 Å². The number of likely N-dealkylation sites (tertiary alicyclic amines) is 1. The maximum atomic E-state index is 12.9. The summed E-state index contributed by atoms with van der Waals surface area (Å²) in [6.45, 7) is 1.55. The van der Waals surface area contributed by atoms with Gasteiger partial charge in [0, 0.05) is 45.2 Å². The SMILES string of the molecule is CC(F)(F)CCC(=O)N1CCC2(CC1)CC(c1ccc(C(F)(F)F)cc1)=NO2. The van der Waals surface area contributed by atoms with Crippen molar-refractivity contribution < 1.29 is 31.6 Å². The summed E-state index contributed by atoms with van der Waals surface area (Å²) in [5.41, 5.74) is -0.189. The zero-order valence-electron chi connectivity index (χ0n) is 15.4. The van der Waals surface area contributed by atoms with E-state index < -0.39 is 29.7 Å². The summed E-state index contributed by atoms with van der Waals surface area (Å²) in [6.07, 6.45) is -3.65. The van der Waals surface area contributed by atoms with Gasteiger partial charge in [-0.15, -0.1) is 0 Å². The number of rotatable bonds is 4. The van der Waals surface area contributed by atoms with E-state index in [2.05, 4.69) is 5.16 Å². The Morgan fingerprint density at radius 3 is 2.29 bits per heavy atom. The Labute approximate surface area is 159 Å². The lowest BCUT2D eigenvalue weighted by Crippen LogP contribution is -2.47. The first-order chi connectivity index (χ1) is 13.0. The largest absolute Gasteiger partial charge is 0.416 e. The van der Waals surface area contributed by atoms with Crippen LogP contribution in [0.3, 0.4) is 0 Å². The normalized spacial score (nSPS) is 19.5. The number of carbonyl (C=O) groups excluding carboxylic acids is 1. The van der Waals surface area contributed by atoms with Gasteiger partial charge >= 0.3 is 6.18 Å². The van der Waals surface area contributed by atoms with E-state index in [1.54, 1.807) is 4.90 Å². The minimum atomic E-state index is -4.39. The van der Waals surface area contributed by atoms with E-state index in [1.807, 2.05) is 0 Å². The molecule has 1 spiro atoms. The molecule has 0 bridgehead atoms. The van der Waals surface area contributed by atoms with E-state index in [0.29, 0.717) is 43.6 Å². The molecule has 1 aromatic carbocycles. The number of benzene rings is 1. The van der Waals surface area contributed by atoms with Gasteiger partial charge < -0.3 is 9.74 Å². The van der Waals surface area contributed by atoms with Crippen LogP contribution >= 0.6 is 0 Å². The number of oxime groups is 1. The van der Waals surface area contributed by atoms with E-state index in [9.17, 15) is 26.7 Å². The summed E-state index contributed by atoms with van der Waals surface area (Å²) < 4.78 is 63.9. The highest BCUT2D eigenvalue weighted by Crippen LogP contribution is 2.37. The van der Waals surface area contributed by atoms with Crippen molar-refractivity contribution in [3.05, 3.63) is 35.4 Å². The molecule has 0 saturated carbocycles. The van der Waals surface area contributed by atoms with Crippen molar-refractivity contribution in [2.24, 2.45) is 5.16 Å². The molecule has 2 aliphatic heterocycles. The number of halogens is 5.